The molecule has 0 unspecified atom stereocenters. The summed E-state index contributed by atoms with van der Waals surface area (Å²) in [6, 6.07) is 23.7. The first-order valence-corrected chi connectivity index (χ1v) is 10.3. The molecule has 3 aromatic carbocycles. The van der Waals surface area contributed by atoms with Gasteiger partial charge >= 0.3 is 5.97 Å². The minimum Gasteiger partial charge on any atom is -0.485 e. The fourth-order valence-electron chi connectivity index (χ4n) is 3.59. The van der Waals surface area contributed by atoms with E-state index in [1.54, 1.807) is 6.92 Å². The topological polar surface area (TPSA) is 74.7 Å². The predicted molar refractivity (Wildman–Crippen MR) is 121 cm³/mol. The molecular weight excluding hydrogens is 390 g/mol. The molecule has 158 valence electrons. The molecule has 0 aliphatic heterocycles. The third-order valence-electron chi connectivity index (χ3n) is 5.05. The Morgan fingerprint density at radius 3 is 2.68 bits per heavy atom. The highest BCUT2D eigenvalue weighted by Crippen LogP contribution is 2.32. The van der Waals surface area contributed by atoms with E-state index >= 15 is 0 Å². The molecule has 1 heterocycles. The summed E-state index contributed by atoms with van der Waals surface area (Å²) in [6.45, 7) is 2.91. The molecule has 0 radical (unpaired) electrons. The van der Waals surface area contributed by atoms with Gasteiger partial charge < -0.3 is 19.6 Å². The van der Waals surface area contributed by atoms with Gasteiger partial charge in [-0.1, -0.05) is 54.6 Å². The van der Waals surface area contributed by atoms with Crippen LogP contribution in [0.5, 0.6) is 5.75 Å². The van der Waals surface area contributed by atoms with E-state index < -0.39 is 0 Å². The second-order valence-corrected chi connectivity index (χ2v) is 7.22. The molecule has 0 aliphatic carbocycles. The van der Waals surface area contributed by atoms with Gasteiger partial charge in [-0.05, 0) is 36.2 Å². The predicted octanol–water partition coefficient (Wildman–Crippen LogP) is 5.24. The molecule has 4 rings (SSSR count). The summed E-state index contributed by atoms with van der Waals surface area (Å²) in [7, 11) is 0. The van der Waals surface area contributed by atoms with Gasteiger partial charge in [-0.3, -0.25) is 4.79 Å². The van der Waals surface area contributed by atoms with E-state index in [0.29, 0.717) is 24.7 Å². The Morgan fingerprint density at radius 2 is 1.84 bits per heavy atom. The number of furan rings is 1. The lowest BCUT2D eigenvalue weighted by molar-refractivity contribution is -0.142. The van der Waals surface area contributed by atoms with Crippen molar-refractivity contribution in [2.24, 2.45) is 5.73 Å². The van der Waals surface area contributed by atoms with Crippen LogP contribution in [0.15, 0.2) is 77.2 Å². The van der Waals surface area contributed by atoms with Crippen molar-refractivity contribution >= 4 is 16.9 Å². The molecule has 0 bridgehead atoms. The third-order valence-corrected chi connectivity index (χ3v) is 5.05. The summed E-state index contributed by atoms with van der Waals surface area (Å²) in [4.78, 5) is 11.9. The number of esters is 1. The lowest BCUT2D eigenvalue weighted by atomic mass is 10.0. The number of carbonyl (C=O) groups excluding carboxylic acids is 1. The van der Waals surface area contributed by atoms with Gasteiger partial charge in [0, 0.05) is 23.1 Å². The van der Waals surface area contributed by atoms with Crippen LogP contribution in [-0.2, 0) is 29.1 Å². The third kappa shape index (κ3) is 4.78. The van der Waals surface area contributed by atoms with Crippen molar-refractivity contribution in [3.8, 4) is 16.9 Å². The van der Waals surface area contributed by atoms with Crippen molar-refractivity contribution in [1.29, 1.82) is 0 Å². The van der Waals surface area contributed by atoms with Crippen LogP contribution in [0.2, 0.25) is 0 Å². The molecular formula is C26H25NO4. The standard InChI is InChI=1S/C26H25NO4/c1-2-29-25(28)15-20-8-3-4-12-24(20)30-17-22-14-21-10-6-11-23(26(21)31-22)19-9-5-7-18(13-19)16-27/h3-14H,2,15-17,27H2,1H3. The summed E-state index contributed by atoms with van der Waals surface area (Å²) in [6.07, 6.45) is 0.172. The summed E-state index contributed by atoms with van der Waals surface area (Å²) < 4.78 is 17.2. The highest BCUT2D eigenvalue weighted by Gasteiger charge is 2.13. The molecule has 0 spiro atoms. The second kappa shape index (κ2) is 9.49. The van der Waals surface area contributed by atoms with Crippen molar-refractivity contribution in [3.63, 3.8) is 0 Å². The number of hydrogen-bond acceptors (Lipinski definition) is 5. The monoisotopic (exact) mass is 415 g/mol. The van der Waals surface area contributed by atoms with Crippen LogP contribution in [0, 0.1) is 0 Å². The smallest absolute Gasteiger partial charge is 0.310 e. The van der Waals surface area contributed by atoms with E-state index in [1.165, 1.54) is 0 Å². The van der Waals surface area contributed by atoms with Gasteiger partial charge in [-0.25, -0.2) is 0 Å². The summed E-state index contributed by atoms with van der Waals surface area (Å²) >= 11 is 0. The molecule has 5 nitrogen and oxygen atoms in total. The second-order valence-electron chi connectivity index (χ2n) is 7.22. The van der Waals surface area contributed by atoms with Crippen LogP contribution in [0.25, 0.3) is 22.1 Å². The molecule has 0 fully saturated rings. The summed E-state index contributed by atoms with van der Waals surface area (Å²) in [5.41, 5.74) is 10.6. The van der Waals surface area contributed by atoms with E-state index in [4.69, 9.17) is 19.6 Å². The van der Waals surface area contributed by atoms with Crippen LogP contribution in [0.3, 0.4) is 0 Å². The Bertz CT molecular complexity index is 1190. The highest BCUT2D eigenvalue weighted by molar-refractivity contribution is 5.92. The number of para-hydroxylation sites is 2. The van der Waals surface area contributed by atoms with Gasteiger partial charge in [-0.15, -0.1) is 0 Å². The first-order valence-electron chi connectivity index (χ1n) is 10.3. The maximum absolute atomic E-state index is 11.9. The van der Waals surface area contributed by atoms with Gasteiger partial charge in [0.2, 0.25) is 0 Å². The largest absolute Gasteiger partial charge is 0.485 e. The number of ether oxygens (including phenoxy) is 2. The number of fused-ring (bicyclic) bond motifs is 1. The first-order chi connectivity index (χ1) is 15.2. The number of hydrogen-bond donors (Lipinski definition) is 1. The molecule has 0 aliphatic rings. The lowest BCUT2D eigenvalue weighted by Crippen LogP contribution is -2.09. The zero-order chi connectivity index (χ0) is 21.6. The Kier molecular flexibility index (Phi) is 6.34. The number of benzene rings is 3. The maximum Gasteiger partial charge on any atom is 0.310 e. The molecule has 1 aromatic heterocycles. The molecule has 0 saturated carbocycles. The SMILES string of the molecule is CCOC(=O)Cc1ccccc1OCc1cc2cccc(-c3cccc(CN)c3)c2o1. The molecule has 5 heteroatoms. The van der Waals surface area contributed by atoms with Gasteiger partial charge in [0.25, 0.3) is 0 Å². The van der Waals surface area contributed by atoms with Crippen molar-refractivity contribution in [2.75, 3.05) is 6.61 Å². The van der Waals surface area contributed by atoms with Crippen molar-refractivity contribution in [3.05, 3.63) is 89.7 Å². The normalized spacial score (nSPS) is 10.9. The maximum atomic E-state index is 11.9. The van der Waals surface area contributed by atoms with E-state index in [9.17, 15) is 4.79 Å². The zero-order valence-corrected chi connectivity index (χ0v) is 17.5. The van der Waals surface area contributed by atoms with Gasteiger partial charge in [0.15, 0.2) is 0 Å². The molecule has 31 heavy (non-hydrogen) atoms. The van der Waals surface area contributed by atoms with Gasteiger partial charge in [-0.2, -0.15) is 0 Å². The minimum absolute atomic E-state index is 0.172. The molecule has 2 N–H and O–H groups in total. The Morgan fingerprint density at radius 1 is 1.00 bits per heavy atom. The van der Waals surface area contributed by atoms with Gasteiger partial charge in [0.05, 0.1) is 13.0 Å². The number of rotatable bonds is 8. The summed E-state index contributed by atoms with van der Waals surface area (Å²) in [5, 5.41) is 1.01. The first kappa shape index (κ1) is 20.7. The Balaban J connectivity index is 1.56. The fraction of sp³-hybridized carbons (Fsp3) is 0.192. The van der Waals surface area contributed by atoms with Crippen LogP contribution in [0.1, 0.15) is 23.8 Å². The molecule has 0 atom stereocenters. The van der Waals surface area contributed by atoms with Crippen molar-refractivity contribution < 1.29 is 18.7 Å². The van der Waals surface area contributed by atoms with E-state index in [-0.39, 0.29) is 19.0 Å². The molecule has 0 saturated heterocycles. The molecule has 4 aromatic rings. The lowest BCUT2D eigenvalue weighted by Gasteiger charge is -2.10. The van der Waals surface area contributed by atoms with Crippen LogP contribution in [-0.4, -0.2) is 12.6 Å². The van der Waals surface area contributed by atoms with Crippen LogP contribution >= 0.6 is 0 Å². The average molecular weight is 415 g/mol. The number of nitrogens with two attached hydrogens (primary N) is 1. The van der Waals surface area contributed by atoms with E-state index in [1.807, 2.05) is 60.7 Å². The van der Waals surface area contributed by atoms with Gasteiger partial charge in [0.1, 0.15) is 23.7 Å². The number of carbonyl (C=O) groups is 1. The minimum atomic E-state index is -0.272. The highest BCUT2D eigenvalue weighted by atomic mass is 16.5. The van der Waals surface area contributed by atoms with Crippen molar-refractivity contribution in [2.45, 2.75) is 26.5 Å². The Labute approximate surface area is 181 Å². The van der Waals surface area contributed by atoms with E-state index in [2.05, 4.69) is 12.1 Å². The molecule has 0 amide bonds. The zero-order valence-electron chi connectivity index (χ0n) is 17.5. The Hall–Kier alpha value is -3.57. The van der Waals surface area contributed by atoms with E-state index in [0.717, 1.165) is 33.2 Å². The van der Waals surface area contributed by atoms with Crippen LogP contribution in [0.4, 0.5) is 0 Å². The average Bonchev–Trinajstić information content (AvgIpc) is 3.22. The van der Waals surface area contributed by atoms with Crippen LogP contribution < -0.4 is 10.5 Å². The summed E-state index contributed by atoms with van der Waals surface area (Å²) in [5.74, 6) is 1.09. The quantitative estimate of drug-likeness (QED) is 0.398. The fourth-order valence-corrected chi connectivity index (χ4v) is 3.59. The van der Waals surface area contributed by atoms with Crippen molar-refractivity contribution in [1.82, 2.24) is 0 Å².